The Morgan fingerprint density at radius 2 is 2.25 bits per heavy atom. The molecule has 0 aliphatic rings. The third-order valence-electron chi connectivity index (χ3n) is 2.02. The Morgan fingerprint density at radius 3 is 2.88 bits per heavy atom. The van der Waals surface area contributed by atoms with Gasteiger partial charge in [0.25, 0.3) is 0 Å². The minimum absolute atomic E-state index is 0.00495. The Bertz CT molecular complexity index is 514. The molecule has 0 bridgehead atoms. The fourth-order valence-corrected chi connectivity index (χ4v) is 1.23. The summed E-state index contributed by atoms with van der Waals surface area (Å²) in [5.41, 5.74) is 0.00495. The first-order chi connectivity index (χ1) is 7.79. The van der Waals surface area contributed by atoms with Gasteiger partial charge in [-0.1, -0.05) is 0 Å². The van der Waals surface area contributed by atoms with E-state index < -0.39 is 5.82 Å². The van der Waals surface area contributed by atoms with E-state index in [4.69, 9.17) is 14.4 Å². The molecule has 0 saturated heterocycles. The van der Waals surface area contributed by atoms with Crippen LogP contribution in [-0.4, -0.2) is 0 Å². The Balaban J connectivity index is 2.06. The fraction of sp³-hybridized carbons (Fsp3) is 0.0833. The molecular weight excluding hydrogens is 209 g/mol. The van der Waals surface area contributed by atoms with Gasteiger partial charge in [-0.25, -0.2) is 4.39 Å². The summed E-state index contributed by atoms with van der Waals surface area (Å²) >= 11 is 0. The summed E-state index contributed by atoms with van der Waals surface area (Å²) < 4.78 is 23.5. The number of halogens is 1. The highest BCUT2D eigenvalue weighted by molar-refractivity contribution is 5.36. The van der Waals surface area contributed by atoms with E-state index in [1.165, 1.54) is 18.4 Å². The molecule has 1 heterocycles. The van der Waals surface area contributed by atoms with E-state index >= 15 is 0 Å². The zero-order chi connectivity index (χ0) is 11.4. The van der Waals surface area contributed by atoms with Crippen LogP contribution in [0.1, 0.15) is 11.3 Å². The third kappa shape index (κ3) is 2.20. The molecule has 0 amide bonds. The minimum Gasteiger partial charge on any atom is -0.486 e. The van der Waals surface area contributed by atoms with E-state index in [0.29, 0.717) is 11.5 Å². The number of ether oxygens (including phenoxy) is 1. The van der Waals surface area contributed by atoms with Crippen molar-refractivity contribution in [1.82, 2.24) is 0 Å². The summed E-state index contributed by atoms with van der Waals surface area (Å²) in [5.74, 6) is 0.442. The quantitative estimate of drug-likeness (QED) is 0.794. The van der Waals surface area contributed by atoms with Gasteiger partial charge in [-0.05, 0) is 24.3 Å². The lowest BCUT2D eigenvalue weighted by Gasteiger charge is -2.04. The summed E-state index contributed by atoms with van der Waals surface area (Å²) in [6, 6.07) is 9.36. The third-order valence-corrected chi connectivity index (χ3v) is 2.02. The zero-order valence-electron chi connectivity index (χ0n) is 8.31. The van der Waals surface area contributed by atoms with Crippen molar-refractivity contribution in [3.63, 3.8) is 0 Å². The van der Waals surface area contributed by atoms with Crippen LogP contribution in [-0.2, 0) is 6.61 Å². The van der Waals surface area contributed by atoms with Gasteiger partial charge in [0.1, 0.15) is 30.0 Å². The Morgan fingerprint density at radius 1 is 1.38 bits per heavy atom. The van der Waals surface area contributed by atoms with Crippen LogP contribution >= 0.6 is 0 Å². The lowest BCUT2D eigenvalue weighted by atomic mass is 10.2. The molecule has 2 aromatic rings. The second-order valence-corrected chi connectivity index (χ2v) is 3.12. The highest BCUT2D eigenvalue weighted by atomic mass is 19.1. The summed E-state index contributed by atoms with van der Waals surface area (Å²) in [7, 11) is 0. The van der Waals surface area contributed by atoms with Gasteiger partial charge in [0, 0.05) is 6.07 Å². The predicted molar refractivity (Wildman–Crippen MR) is 54.2 cm³/mol. The summed E-state index contributed by atoms with van der Waals surface area (Å²) in [4.78, 5) is 0. The van der Waals surface area contributed by atoms with Gasteiger partial charge in [0.05, 0.1) is 11.8 Å². The van der Waals surface area contributed by atoms with E-state index in [1.807, 2.05) is 0 Å². The first-order valence-corrected chi connectivity index (χ1v) is 4.64. The molecule has 0 atom stereocenters. The average Bonchev–Trinajstić information content (AvgIpc) is 2.79. The molecule has 0 aliphatic heterocycles. The summed E-state index contributed by atoms with van der Waals surface area (Å²) in [5, 5.41) is 8.54. The maximum absolute atomic E-state index is 13.2. The molecule has 80 valence electrons. The second kappa shape index (κ2) is 4.49. The molecule has 0 unspecified atom stereocenters. The number of furan rings is 1. The van der Waals surface area contributed by atoms with Gasteiger partial charge in [0.2, 0.25) is 0 Å². The maximum atomic E-state index is 13.2. The summed E-state index contributed by atoms with van der Waals surface area (Å²) in [6.07, 6.45) is 1.54. The highest BCUT2D eigenvalue weighted by Gasteiger charge is 2.04. The molecule has 2 rings (SSSR count). The van der Waals surface area contributed by atoms with Gasteiger partial charge in [-0.3, -0.25) is 0 Å². The number of nitrogens with zero attached hydrogens (tertiary/aromatic N) is 1. The molecule has 0 saturated carbocycles. The van der Waals surface area contributed by atoms with Gasteiger partial charge >= 0.3 is 0 Å². The highest BCUT2D eigenvalue weighted by Crippen LogP contribution is 2.17. The van der Waals surface area contributed by atoms with Crippen molar-refractivity contribution < 1.29 is 13.5 Å². The molecule has 0 radical (unpaired) electrons. The zero-order valence-corrected chi connectivity index (χ0v) is 8.31. The predicted octanol–water partition coefficient (Wildman–Crippen LogP) is 2.87. The Labute approximate surface area is 91.7 Å². The van der Waals surface area contributed by atoms with Crippen molar-refractivity contribution in [3.8, 4) is 11.8 Å². The molecule has 0 N–H and O–H groups in total. The SMILES string of the molecule is N#Cc1ccc(OCc2ccco2)cc1F. The van der Waals surface area contributed by atoms with E-state index in [2.05, 4.69) is 0 Å². The Hall–Kier alpha value is -2.28. The van der Waals surface area contributed by atoms with E-state index in [-0.39, 0.29) is 12.2 Å². The molecule has 1 aromatic heterocycles. The number of hydrogen-bond donors (Lipinski definition) is 0. The van der Waals surface area contributed by atoms with Crippen LogP contribution in [0, 0.1) is 17.1 Å². The molecule has 0 fully saturated rings. The maximum Gasteiger partial charge on any atom is 0.146 e. The van der Waals surface area contributed by atoms with Gasteiger partial charge in [-0.2, -0.15) is 5.26 Å². The van der Waals surface area contributed by atoms with Crippen LogP contribution in [0.4, 0.5) is 4.39 Å². The minimum atomic E-state index is -0.584. The Kier molecular flexibility index (Phi) is 2.88. The largest absolute Gasteiger partial charge is 0.486 e. The first kappa shape index (κ1) is 10.2. The monoisotopic (exact) mass is 217 g/mol. The number of benzene rings is 1. The smallest absolute Gasteiger partial charge is 0.146 e. The van der Waals surface area contributed by atoms with Crippen LogP contribution in [0.5, 0.6) is 5.75 Å². The van der Waals surface area contributed by atoms with Crippen LogP contribution in [0.25, 0.3) is 0 Å². The van der Waals surface area contributed by atoms with Crippen molar-refractivity contribution in [1.29, 1.82) is 5.26 Å². The average molecular weight is 217 g/mol. The van der Waals surface area contributed by atoms with Gasteiger partial charge in [0.15, 0.2) is 0 Å². The molecule has 16 heavy (non-hydrogen) atoms. The number of nitriles is 1. The lowest BCUT2D eigenvalue weighted by Crippen LogP contribution is -1.94. The van der Waals surface area contributed by atoms with Gasteiger partial charge < -0.3 is 9.15 Å². The second-order valence-electron chi connectivity index (χ2n) is 3.12. The van der Waals surface area contributed by atoms with Crippen molar-refractivity contribution >= 4 is 0 Å². The number of hydrogen-bond acceptors (Lipinski definition) is 3. The summed E-state index contributed by atoms with van der Waals surface area (Å²) in [6.45, 7) is 0.234. The van der Waals surface area contributed by atoms with Gasteiger partial charge in [-0.15, -0.1) is 0 Å². The molecular formula is C12H8FNO2. The van der Waals surface area contributed by atoms with Crippen molar-refractivity contribution in [3.05, 3.63) is 53.7 Å². The van der Waals surface area contributed by atoms with Crippen molar-refractivity contribution in [2.24, 2.45) is 0 Å². The van der Waals surface area contributed by atoms with Crippen LogP contribution in [0.15, 0.2) is 41.0 Å². The molecule has 4 heteroatoms. The van der Waals surface area contributed by atoms with Crippen molar-refractivity contribution in [2.45, 2.75) is 6.61 Å². The molecule has 3 nitrogen and oxygen atoms in total. The van der Waals surface area contributed by atoms with Crippen LogP contribution in [0.3, 0.4) is 0 Å². The lowest BCUT2D eigenvalue weighted by molar-refractivity contribution is 0.269. The molecule has 1 aromatic carbocycles. The molecule has 0 aliphatic carbocycles. The topological polar surface area (TPSA) is 46.2 Å². The molecule has 0 spiro atoms. The van der Waals surface area contributed by atoms with E-state index in [1.54, 1.807) is 24.3 Å². The van der Waals surface area contributed by atoms with E-state index in [0.717, 1.165) is 0 Å². The first-order valence-electron chi connectivity index (χ1n) is 4.64. The standard InChI is InChI=1S/C12H8FNO2/c13-12-6-10(4-3-9(12)7-14)16-8-11-2-1-5-15-11/h1-6H,8H2. The normalized spacial score (nSPS) is 9.75. The van der Waals surface area contributed by atoms with E-state index in [9.17, 15) is 4.39 Å². The number of rotatable bonds is 3. The van der Waals surface area contributed by atoms with Crippen molar-refractivity contribution in [2.75, 3.05) is 0 Å². The van der Waals surface area contributed by atoms with Crippen LogP contribution < -0.4 is 4.74 Å². The fourth-order valence-electron chi connectivity index (χ4n) is 1.23. The van der Waals surface area contributed by atoms with Crippen LogP contribution in [0.2, 0.25) is 0 Å².